The Balaban J connectivity index is 1.59. The molecule has 26 heavy (non-hydrogen) atoms. The van der Waals surface area contributed by atoms with Crippen LogP contribution in [-0.4, -0.2) is 22.1 Å². The highest BCUT2D eigenvalue weighted by atomic mass is 16.5. The first-order valence-electron chi connectivity index (χ1n) is 9.59. The largest absolute Gasteiger partial charge is 0.425 e. The Morgan fingerprint density at radius 3 is 2.73 bits per heavy atom. The smallest absolute Gasteiger partial charge is 0.287 e. The van der Waals surface area contributed by atoms with Crippen molar-refractivity contribution in [1.82, 2.24) is 10.0 Å². The van der Waals surface area contributed by atoms with Crippen LogP contribution in [-0.2, 0) is 6.54 Å². The van der Waals surface area contributed by atoms with Crippen molar-refractivity contribution in [2.24, 2.45) is 10.2 Å². The van der Waals surface area contributed by atoms with Gasteiger partial charge in [-0.25, -0.2) is 0 Å². The molecular formula is C20H28N4O2. The lowest BCUT2D eigenvalue weighted by molar-refractivity contribution is 0.155. The molecule has 6 heteroatoms. The van der Waals surface area contributed by atoms with Crippen LogP contribution in [0.3, 0.4) is 0 Å². The molecule has 2 aliphatic rings. The van der Waals surface area contributed by atoms with Gasteiger partial charge in [-0.1, -0.05) is 19.3 Å². The van der Waals surface area contributed by atoms with E-state index in [1.54, 1.807) is 0 Å². The van der Waals surface area contributed by atoms with E-state index in [2.05, 4.69) is 21.5 Å². The van der Waals surface area contributed by atoms with E-state index in [1.807, 2.05) is 13.0 Å². The van der Waals surface area contributed by atoms with Crippen molar-refractivity contribution >= 4 is 0 Å². The van der Waals surface area contributed by atoms with Gasteiger partial charge in [-0.05, 0) is 37.9 Å². The summed E-state index contributed by atoms with van der Waals surface area (Å²) < 4.78 is 0.875. The number of nitrogens with zero attached hydrogens (tertiary/aromatic N) is 3. The average Bonchev–Trinajstić information content (AvgIpc) is 3.43. The third-order valence-corrected chi connectivity index (χ3v) is 5.62. The average molecular weight is 356 g/mol. The zero-order valence-electron chi connectivity index (χ0n) is 15.5. The zero-order chi connectivity index (χ0) is 18.6. The van der Waals surface area contributed by atoms with Crippen LogP contribution in [0.15, 0.2) is 21.1 Å². The molecule has 0 aromatic carbocycles. The number of hydrogen-bond donors (Lipinski definition) is 2. The van der Waals surface area contributed by atoms with Crippen LogP contribution in [0.2, 0.25) is 0 Å². The second-order valence-corrected chi connectivity index (χ2v) is 7.50. The molecule has 2 N–H and O–H groups in total. The summed E-state index contributed by atoms with van der Waals surface area (Å²) in [5.41, 5.74) is 1.71. The van der Waals surface area contributed by atoms with Gasteiger partial charge in [0, 0.05) is 37.3 Å². The van der Waals surface area contributed by atoms with Gasteiger partial charge >= 0.3 is 0 Å². The lowest BCUT2D eigenvalue weighted by Gasteiger charge is -2.24. The van der Waals surface area contributed by atoms with Crippen LogP contribution in [0, 0.1) is 19.3 Å². The number of aryl methyl sites for hydroxylation is 1. The van der Waals surface area contributed by atoms with Crippen LogP contribution in [0.25, 0.3) is 0 Å². The summed E-state index contributed by atoms with van der Waals surface area (Å²) in [6.45, 7) is 3.08. The SMILES string of the molecule is C#CCCC1(CCNCc2c(C)cc(C3CCCCC3)n(O)c2=O)N=N1. The van der Waals surface area contributed by atoms with Crippen molar-refractivity contribution in [2.45, 2.75) is 76.4 Å². The van der Waals surface area contributed by atoms with Gasteiger partial charge in [0.25, 0.3) is 5.56 Å². The minimum Gasteiger partial charge on any atom is -0.425 e. The predicted molar refractivity (Wildman–Crippen MR) is 100 cm³/mol. The predicted octanol–water partition coefficient (Wildman–Crippen LogP) is 3.50. The summed E-state index contributed by atoms with van der Waals surface area (Å²) in [7, 11) is 0. The molecule has 0 atom stereocenters. The molecule has 3 rings (SSSR count). The highest BCUT2D eigenvalue weighted by Crippen LogP contribution is 2.36. The van der Waals surface area contributed by atoms with Gasteiger partial charge in [0.2, 0.25) is 0 Å². The van der Waals surface area contributed by atoms with Crippen LogP contribution in [0.5, 0.6) is 0 Å². The Bertz CT molecular complexity index is 763. The number of rotatable bonds is 8. The third kappa shape index (κ3) is 4.16. The van der Waals surface area contributed by atoms with Gasteiger partial charge < -0.3 is 10.5 Å². The van der Waals surface area contributed by atoms with E-state index in [4.69, 9.17) is 6.42 Å². The standard InChI is InChI=1S/C20H28N4O2/c1-3-4-10-20(22-23-20)11-12-21-14-17-15(2)13-18(24(26)19(17)25)16-8-6-5-7-9-16/h1,13,16,21,26H,4-12,14H2,2H3. The minimum absolute atomic E-state index is 0.288. The van der Waals surface area contributed by atoms with Gasteiger partial charge in [0.05, 0.1) is 5.69 Å². The van der Waals surface area contributed by atoms with E-state index in [0.29, 0.717) is 25.1 Å². The maximum Gasteiger partial charge on any atom is 0.287 e. The molecule has 1 aliphatic heterocycles. The quantitative estimate of drug-likeness (QED) is 0.425. The Labute approximate surface area is 154 Å². The summed E-state index contributed by atoms with van der Waals surface area (Å²) in [5.74, 6) is 2.91. The first kappa shape index (κ1) is 18.7. The van der Waals surface area contributed by atoms with E-state index in [1.165, 1.54) is 19.3 Å². The lowest BCUT2D eigenvalue weighted by atomic mass is 9.86. The fraction of sp³-hybridized carbons (Fsp3) is 0.650. The van der Waals surface area contributed by atoms with E-state index in [0.717, 1.165) is 41.7 Å². The molecule has 2 heterocycles. The molecule has 1 aromatic heterocycles. The molecule has 140 valence electrons. The van der Waals surface area contributed by atoms with Crippen LogP contribution in [0.4, 0.5) is 0 Å². The molecule has 1 fully saturated rings. The van der Waals surface area contributed by atoms with E-state index < -0.39 is 0 Å². The molecule has 0 radical (unpaired) electrons. The maximum atomic E-state index is 12.6. The Kier molecular flexibility index (Phi) is 5.77. The molecule has 0 unspecified atom stereocenters. The van der Waals surface area contributed by atoms with Gasteiger partial charge in [0.15, 0.2) is 5.66 Å². The van der Waals surface area contributed by atoms with Crippen molar-refractivity contribution in [3.8, 4) is 12.3 Å². The van der Waals surface area contributed by atoms with Gasteiger partial charge in [0.1, 0.15) is 0 Å². The lowest BCUT2D eigenvalue weighted by Crippen LogP contribution is -2.31. The van der Waals surface area contributed by atoms with E-state index in [-0.39, 0.29) is 17.1 Å². The van der Waals surface area contributed by atoms with Gasteiger partial charge in [-0.3, -0.25) is 4.79 Å². The Morgan fingerprint density at radius 2 is 2.08 bits per heavy atom. The summed E-state index contributed by atoms with van der Waals surface area (Å²) >= 11 is 0. The number of aromatic nitrogens is 1. The Morgan fingerprint density at radius 1 is 1.35 bits per heavy atom. The Hall–Kier alpha value is -2.13. The summed E-state index contributed by atoms with van der Waals surface area (Å²) in [6, 6.07) is 1.98. The summed E-state index contributed by atoms with van der Waals surface area (Å²) in [4.78, 5) is 12.6. The monoisotopic (exact) mass is 356 g/mol. The molecule has 0 saturated heterocycles. The highest BCUT2D eigenvalue weighted by Gasteiger charge is 2.38. The molecule has 1 aliphatic carbocycles. The van der Waals surface area contributed by atoms with Gasteiger partial charge in [-0.2, -0.15) is 15.0 Å². The van der Waals surface area contributed by atoms with Crippen molar-refractivity contribution in [3.05, 3.63) is 33.2 Å². The van der Waals surface area contributed by atoms with Crippen molar-refractivity contribution in [2.75, 3.05) is 6.54 Å². The molecule has 0 spiro atoms. The first-order chi connectivity index (χ1) is 12.6. The van der Waals surface area contributed by atoms with Crippen LogP contribution in [0.1, 0.15) is 74.1 Å². The van der Waals surface area contributed by atoms with Crippen LogP contribution >= 0.6 is 0 Å². The maximum absolute atomic E-state index is 12.6. The third-order valence-electron chi connectivity index (χ3n) is 5.62. The highest BCUT2D eigenvalue weighted by molar-refractivity contribution is 5.28. The molecule has 6 nitrogen and oxygen atoms in total. The van der Waals surface area contributed by atoms with E-state index >= 15 is 0 Å². The fourth-order valence-corrected chi connectivity index (χ4v) is 3.86. The minimum atomic E-state index is -0.309. The van der Waals surface area contributed by atoms with Crippen LogP contribution < -0.4 is 10.9 Å². The van der Waals surface area contributed by atoms with Gasteiger partial charge in [-0.15, -0.1) is 12.3 Å². The number of hydrogen-bond acceptors (Lipinski definition) is 5. The molecule has 1 aromatic rings. The van der Waals surface area contributed by atoms with E-state index in [9.17, 15) is 10.0 Å². The molecule has 1 saturated carbocycles. The van der Waals surface area contributed by atoms with Crippen molar-refractivity contribution in [1.29, 1.82) is 0 Å². The first-order valence-corrected chi connectivity index (χ1v) is 9.59. The molecule has 0 amide bonds. The second kappa shape index (κ2) is 8.05. The van der Waals surface area contributed by atoms with Crippen molar-refractivity contribution in [3.63, 3.8) is 0 Å². The number of terminal acetylenes is 1. The number of pyridine rings is 1. The van der Waals surface area contributed by atoms with Crippen molar-refractivity contribution < 1.29 is 5.21 Å². The normalized spacial score (nSPS) is 18.6. The molecular weight excluding hydrogens is 328 g/mol. The summed E-state index contributed by atoms with van der Waals surface area (Å²) in [6.07, 6.45) is 13.2. The number of nitrogens with one attached hydrogen (secondary N) is 1. The topological polar surface area (TPSA) is 79.0 Å². The zero-order valence-corrected chi connectivity index (χ0v) is 15.5. The summed E-state index contributed by atoms with van der Waals surface area (Å²) in [5, 5.41) is 21.9. The fourth-order valence-electron chi connectivity index (χ4n) is 3.86. The second-order valence-electron chi connectivity index (χ2n) is 7.50. The molecule has 0 bridgehead atoms.